The number of anilines is 1. The maximum absolute atomic E-state index is 15.0. The smallest absolute Gasteiger partial charge is 0.246 e. The van der Waals surface area contributed by atoms with Gasteiger partial charge in [-0.05, 0) is 85.2 Å². The fourth-order valence-corrected chi connectivity index (χ4v) is 9.07. The van der Waals surface area contributed by atoms with E-state index in [1.807, 2.05) is 51.1 Å². The van der Waals surface area contributed by atoms with Crippen molar-refractivity contribution in [2.45, 2.75) is 84.1 Å². The summed E-state index contributed by atoms with van der Waals surface area (Å²) < 4.78 is 52.3. The van der Waals surface area contributed by atoms with Crippen LogP contribution in [0.4, 0.5) is 13.9 Å². The Balaban J connectivity index is 0.987. The number of carbonyl (C=O) groups is 3. The van der Waals surface area contributed by atoms with E-state index in [1.54, 1.807) is 24.3 Å². The molecule has 0 saturated carbocycles. The quantitative estimate of drug-likeness (QED) is 0.115. The number of nitrogens with zero attached hydrogens (tertiary/aromatic N) is 3. The van der Waals surface area contributed by atoms with Crippen LogP contribution in [0.5, 0.6) is 11.5 Å². The van der Waals surface area contributed by atoms with E-state index in [0.29, 0.717) is 43.3 Å². The lowest BCUT2D eigenvalue weighted by Gasteiger charge is -2.41. The minimum Gasteiger partial charge on any atom is -0.491 e. The van der Waals surface area contributed by atoms with Gasteiger partial charge in [0.05, 0.1) is 44.2 Å². The molecular formula is C47H58F2N6O7S. The lowest BCUT2D eigenvalue weighted by atomic mass is 9.83. The predicted octanol–water partition coefficient (Wildman–Crippen LogP) is 5.99. The van der Waals surface area contributed by atoms with Crippen molar-refractivity contribution in [1.82, 2.24) is 25.8 Å². The number of likely N-dealkylation sites (N-methyl/N-ethyl adjacent to an activating group) is 1. The summed E-state index contributed by atoms with van der Waals surface area (Å²) in [6, 6.07) is 13.9. The van der Waals surface area contributed by atoms with Gasteiger partial charge in [0.25, 0.3) is 0 Å². The van der Waals surface area contributed by atoms with E-state index < -0.39 is 35.2 Å². The van der Waals surface area contributed by atoms with E-state index in [0.717, 1.165) is 47.2 Å². The average molecular weight is 889 g/mol. The van der Waals surface area contributed by atoms with Gasteiger partial charge < -0.3 is 44.7 Å². The number of fused-ring (bicyclic) bond motifs is 2. The third-order valence-corrected chi connectivity index (χ3v) is 12.8. The number of morpholine rings is 1. The molecule has 1 fully saturated rings. The molecule has 0 radical (unpaired) electrons. The van der Waals surface area contributed by atoms with Crippen LogP contribution in [0.3, 0.4) is 0 Å². The van der Waals surface area contributed by atoms with Crippen LogP contribution in [0.2, 0.25) is 0 Å². The number of benzene rings is 3. The molecule has 1 aromatic heterocycles. The van der Waals surface area contributed by atoms with E-state index in [9.17, 15) is 18.8 Å². The van der Waals surface area contributed by atoms with Crippen molar-refractivity contribution < 1.29 is 42.1 Å². The van der Waals surface area contributed by atoms with Crippen LogP contribution >= 0.6 is 11.3 Å². The van der Waals surface area contributed by atoms with Gasteiger partial charge in [-0.25, -0.2) is 9.37 Å². The molecule has 3 N–H and O–H groups in total. The normalized spacial score (nSPS) is 18.5. The molecular weight excluding hydrogens is 831 g/mol. The molecule has 16 heteroatoms. The molecule has 63 heavy (non-hydrogen) atoms. The molecule has 2 unspecified atom stereocenters. The van der Waals surface area contributed by atoms with E-state index >= 15 is 4.39 Å². The molecule has 3 aliphatic rings. The molecule has 13 nitrogen and oxygen atoms in total. The number of aryl methyl sites for hydroxylation is 1. The van der Waals surface area contributed by atoms with E-state index in [2.05, 4.69) is 38.0 Å². The van der Waals surface area contributed by atoms with Gasteiger partial charge in [0, 0.05) is 37.0 Å². The topological polar surface area (TPSA) is 144 Å². The van der Waals surface area contributed by atoms with Gasteiger partial charge in [-0.2, -0.15) is 4.39 Å². The van der Waals surface area contributed by atoms with Crippen LogP contribution < -0.4 is 30.3 Å². The van der Waals surface area contributed by atoms with E-state index in [-0.39, 0.29) is 68.9 Å². The molecule has 2 aliphatic heterocycles. The van der Waals surface area contributed by atoms with E-state index in [4.69, 9.17) is 18.9 Å². The highest BCUT2D eigenvalue weighted by Gasteiger charge is 2.43. The predicted molar refractivity (Wildman–Crippen MR) is 237 cm³/mol. The summed E-state index contributed by atoms with van der Waals surface area (Å²) in [6.45, 7) is 10.6. The first-order chi connectivity index (χ1) is 30.3. The zero-order chi connectivity index (χ0) is 44.7. The fourth-order valence-electron chi connectivity index (χ4n) is 8.19. The number of halogens is 2. The highest BCUT2D eigenvalue weighted by molar-refractivity contribution is 7.14. The van der Waals surface area contributed by atoms with Crippen LogP contribution in [-0.2, 0) is 43.2 Å². The molecule has 1 saturated heterocycles. The second-order valence-electron chi connectivity index (χ2n) is 17.2. The van der Waals surface area contributed by atoms with Gasteiger partial charge in [-0.3, -0.25) is 14.4 Å². The minimum atomic E-state index is -1.09. The first-order valence-corrected chi connectivity index (χ1v) is 22.6. The lowest BCUT2D eigenvalue weighted by molar-refractivity contribution is -0.147. The second-order valence-corrected chi connectivity index (χ2v) is 18.1. The number of ether oxygens (including phenoxy) is 4. The Morgan fingerprint density at radius 3 is 2.49 bits per heavy atom. The van der Waals surface area contributed by atoms with Crippen LogP contribution in [0.25, 0.3) is 11.3 Å². The Hall–Kier alpha value is -5.16. The lowest BCUT2D eigenvalue weighted by Crippen LogP contribution is -2.62. The maximum Gasteiger partial charge on any atom is 0.246 e. The van der Waals surface area contributed by atoms with Gasteiger partial charge in [0.15, 0.2) is 16.7 Å². The van der Waals surface area contributed by atoms with Crippen molar-refractivity contribution in [1.29, 1.82) is 0 Å². The molecule has 1 aliphatic carbocycles. The van der Waals surface area contributed by atoms with Crippen molar-refractivity contribution in [2.24, 2.45) is 5.41 Å². The zero-order valence-electron chi connectivity index (χ0n) is 36.6. The number of nitrogens with one attached hydrogen (secondary N) is 3. The molecule has 7 rings (SSSR count). The van der Waals surface area contributed by atoms with Crippen LogP contribution in [-0.4, -0.2) is 106 Å². The van der Waals surface area contributed by atoms with Gasteiger partial charge in [0.1, 0.15) is 31.0 Å². The van der Waals surface area contributed by atoms with E-state index in [1.165, 1.54) is 23.0 Å². The highest BCUT2D eigenvalue weighted by atomic mass is 32.1. The van der Waals surface area contributed by atoms with Crippen LogP contribution in [0, 0.1) is 17.0 Å². The number of rotatable bonds is 16. The SMILES string of the molecule is CNC(C)C(=O)NC(C(=O)N1Cc2cc(OCCOCCOc3c(-c4csc(N5CCOCC5)n4)ccc(F)c3F)ccc2C[C@H]1C(=O)N[C@@H]1CCCc2ccccc21)C(C)(C)C. The molecule has 338 valence electrons. The zero-order valence-corrected chi connectivity index (χ0v) is 37.5. The highest BCUT2D eigenvalue weighted by Crippen LogP contribution is 2.37. The monoisotopic (exact) mass is 888 g/mol. The summed E-state index contributed by atoms with van der Waals surface area (Å²) in [4.78, 5) is 50.5. The van der Waals surface area contributed by atoms with Gasteiger partial charge in [-0.15, -0.1) is 11.3 Å². The molecule has 3 amide bonds. The van der Waals surface area contributed by atoms with Crippen LogP contribution in [0.15, 0.2) is 60.0 Å². The summed E-state index contributed by atoms with van der Waals surface area (Å²) in [5, 5.41) is 11.8. The molecule has 4 aromatic rings. The van der Waals surface area contributed by atoms with Crippen molar-refractivity contribution in [3.8, 4) is 22.8 Å². The number of aromatic nitrogens is 1. The Labute approximate surface area is 371 Å². The van der Waals surface area contributed by atoms with Gasteiger partial charge in [0.2, 0.25) is 23.5 Å². The molecule has 4 atom stereocenters. The second kappa shape index (κ2) is 20.6. The molecule has 3 aromatic carbocycles. The number of amides is 3. The minimum absolute atomic E-state index is 0.0393. The number of thiazole rings is 1. The van der Waals surface area contributed by atoms with Gasteiger partial charge in [-0.1, -0.05) is 51.1 Å². The van der Waals surface area contributed by atoms with Crippen molar-refractivity contribution in [2.75, 3.05) is 64.7 Å². The maximum atomic E-state index is 15.0. The molecule has 0 bridgehead atoms. The Morgan fingerprint density at radius 1 is 0.968 bits per heavy atom. The Kier molecular flexibility index (Phi) is 15.0. The fraction of sp³-hybridized carbons (Fsp3) is 0.489. The summed E-state index contributed by atoms with van der Waals surface area (Å²) in [5.74, 6) is -2.67. The van der Waals surface area contributed by atoms with Gasteiger partial charge >= 0.3 is 0 Å². The third-order valence-electron chi connectivity index (χ3n) is 11.9. The first-order valence-electron chi connectivity index (χ1n) is 21.7. The first kappa shape index (κ1) is 45.9. The Morgan fingerprint density at radius 2 is 1.73 bits per heavy atom. The van der Waals surface area contributed by atoms with Crippen molar-refractivity contribution in [3.63, 3.8) is 0 Å². The van der Waals surface area contributed by atoms with Crippen LogP contribution in [0.1, 0.15) is 68.8 Å². The summed E-state index contributed by atoms with van der Waals surface area (Å²) in [6.07, 6.45) is 2.99. The van der Waals surface area contributed by atoms with Crippen molar-refractivity contribution >= 4 is 34.2 Å². The molecule has 3 heterocycles. The number of hydrogen-bond acceptors (Lipinski definition) is 11. The number of carbonyl (C=O) groups excluding carboxylic acids is 3. The largest absolute Gasteiger partial charge is 0.491 e. The number of hydrogen-bond donors (Lipinski definition) is 3. The summed E-state index contributed by atoms with van der Waals surface area (Å²) in [5.41, 5.74) is 4.25. The average Bonchev–Trinajstić information content (AvgIpc) is 3.78. The third kappa shape index (κ3) is 11.0. The Bertz CT molecular complexity index is 2250. The summed E-state index contributed by atoms with van der Waals surface area (Å²) >= 11 is 1.42. The van der Waals surface area contributed by atoms with Crippen molar-refractivity contribution in [3.05, 3.63) is 93.9 Å². The summed E-state index contributed by atoms with van der Waals surface area (Å²) in [7, 11) is 1.68. The standard InChI is InChI=1S/C47H58F2N6O7S/c1-29(50-5)43(56)53-42(47(2,3)4)45(58)55-27-32-25-33(14-13-31(32)26-39(55)44(57)51-37-12-8-10-30-9-6-7-11-34(30)37)61-23-21-60-22-24-62-41-35(15-16-36(48)40(41)49)38-28-63-46(52-38)54-17-19-59-20-18-54/h6-7,9,11,13-16,25,28-29,37,39,42,50H,8,10,12,17-24,26-27H2,1-5H3,(H,51,57)(H,53,56)/t29?,37-,39+,42?/m1/s1. The molecule has 0 spiro atoms.